The second kappa shape index (κ2) is 5.46. The number of rotatable bonds is 3. The monoisotopic (exact) mass is 289 g/mol. The van der Waals surface area contributed by atoms with Gasteiger partial charge in [-0.3, -0.25) is 0 Å². The minimum atomic E-state index is 0.0156. The maximum atomic E-state index is 6.29. The normalized spacial score (nSPS) is 21.1. The van der Waals surface area contributed by atoms with Gasteiger partial charge in [0, 0.05) is 33.8 Å². The molecule has 0 radical (unpaired) electrons. The van der Waals surface area contributed by atoms with Crippen molar-refractivity contribution in [1.29, 1.82) is 0 Å². The van der Waals surface area contributed by atoms with E-state index < -0.39 is 0 Å². The third-order valence-corrected chi connectivity index (χ3v) is 5.03. The van der Waals surface area contributed by atoms with Gasteiger partial charge < -0.3 is 15.2 Å². The molecule has 1 unspecified atom stereocenters. The molecule has 0 bridgehead atoms. The third kappa shape index (κ3) is 2.41. The number of fused-ring (bicyclic) bond motifs is 1. The Hall–Kier alpha value is -1.52. The molecule has 106 valence electrons. The standard InChI is InChI=1S/C16H19NO2S/c1-3-11-5-7-16(20-11)15-9-13(17)12-6-4-10(18-2)8-14(12)19-15/h4-8,13,15H,3,9,17H2,1-2H3/t13-,15?/m1/s1. The summed E-state index contributed by atoms with van der Waals surface area (Å²) in [5.41, 5.74) is 7.35. The van der Waals surface area contributed by atoms with E-state index in [2.05, 4.69) is 19.1 Å². The van der Waals surface area contributed by atoms with Crippen LogP contribution in [-0.2, 0) is 6.42 Å². The summed E-state index contributed by atoms with van der Waals surface area (Å²) >= 11 is 1.81. The molecule has 0 spiro atoms. The van der Waals surface area contributed by atoms with Gasteiger partial charge in [0.1, 0.15) is 17.6 Å². The molecule has 2 N–H and O–H groups in total. The Morgan fingerprint density at radius 3 is 2.90 bits per heavy atom. The maximum absolute atomic E-state index is 6.29. The predicted octanol–water partition coefficient (Wildman–Crippen LogP) is 3.84. The Labute approximate surface area is 123 Å². The van der Waals surface area contributed by atoms with Crippen LogP contribution < -0.4 is 15.2 Å². The lowest BCUT2D eigenvalue weighted by molar-refractivity contribution is 0.164. The largest absolute Gasteiger partial charge is 0.497 e. The average molecular weight is 289 g/mol. The van der Waals surface area contributed by atoms with Gasteiger partial charge in [-0.1, -0.05) is 13.0 Å². The van der Waals surface area contributed by atoms with Gasteiger partial charge in [-0.2, -0.15) is 0 Å². The minimum absolute atomic E-state index is 0.0156. The van der Waals surface area contributed by atoms with E-state index in [1.54, 1.807) is 7.11 Å². The highest BCUT2D eigenvalue weighted by Gasteiger charge is 2.28. The van der Waals surface area contributed by atoms with Crippen LogP contribution in [0.15, 0.2) is 30.3 Å². The molecule has 0 fully saturated rings. The molecule has 2 atom stereocenters. The van der Waals surface area contributed by atoms with Crippen LogP contribution in [0, 0.1) is 0 Å². The van der Waals surface area contributed by atoms with Crippen molar-refractivity contribution in [2.75, 3.05) is 7.11 Å². The van der Waals surface area contributed by atoms with E-state index in [1.165, 1.54) is 9.75 Å². The number of nitrogens with two attached hydrogens (primary N) is 1. The van der Waals surface area contributed by atoms with E-state index in [0.717, 1.165) is 29.9 Å². The summed E-state index contributed by atoms with van der Waals surface area (Å²) < 4.78 is 11.4. The van der Waals surface area contributed by atoms with E-state index in [4.69, 9.17) is 15.2 Å². The Morgan fingerprint density at radius 1 is 1.35 bits per heavy atom. The second-order valence-corrected chi connectivity index (χ2v) is 6.21. The zero-order chi connectivity index (χ0) is 14.1. The van der Waals surface area contributed by atoms with Crippen molar-refractivity contribution in [3.63, 3.8) is 0 Å². The van der Waals surface area contributed by atoms with Gasteiger partial charge in [0.15, 0.2) is 0 Å². The molecule has 0 amide bonds. The zero-order valence-electron chi connectivity index (χ0n) is 11.8. The lowest BCUT2D eigenvalue weighted by Crippen LogP contribution is -2.23. The van der Waals surface area contributed by atoms with Gasteiger partial charge in [0.25, 0.3) is 0 Å². The average Bonchev–Trinajstić information content (AvgIpc) is 2.95. The molecule has 3 nitrogen and oxygen atoms in total. The van der Waals surface area contributed by atoms with Crippen LogP contribution in [0.1, 0.15) is 40.8 Å². The highest BCUT2D eigenvalue weighted by atomic mass is 32.1. The molecular formula is C16H19NO2S. The molecule has 2 aromatic rings. The van der Waals surface area contributed by atoms with Gasteiger partial charge in [0.05, 0.1) is 7.11 Å². The first-order chi connectivity index (χ1) is 9.71. The molecule has 1 aromatic heterocycles. The third-order valence-electron chi connectivity index (χ3n) is 3.71. The van der Waals surface area contributed by atoms with Crippen molar-refractivity contribution in [3.8, 4) is 11.5 Å². The van der Waals surface area contributed by atoms with Crippen molar-refractivity contribution in [3.05, 3.63) is 45.6 Å². The predicted molar refractivity (Wildman–Crippen MR) is 81.6 cm³/mol. The molecule has 1 aromatic carbocycles. The van der Waals surface area contributed by atoms with Crippen LogP contribution in [-0.4, -0.2) is 7.11 Å². The number of ether oxygens (including phenoxy) is 2. The highest BCUT2D eigenvalue weighted by Crippen LogP contribution is 2.42. The van der Waals surface area contributed by atoms with Gasteiger partial charge in [0.2, 0.25) is 0 Å². The van der Waals surface area contributed by atoms with E-state index in [1.807, 2.05) is 29.5 Å². The lowest BCUT2D eigenvalue weighted by Gasteiger charge is -2.30. The van der Waals surface area contributed by atoms with Crippen LogP contribution in [0.5, 0.6) is 11.5 Å². The van der Waals surface area contributed by atoms with Crippen molar-refractivity contribution in [1.82, 2.24) is 0 Å². The topological polar surface area (TPSA) is 44.5 Å². The van der Waals surface area contributed by atoms with E-state index in [0.29, 0.717) is 0 Å². The van der Waals surface area contributed by atoms with E-state index in [-0.39, 0.29) is 12.1 Å². The molecule has 1 aliphatic heterocycles. The molecule has 2 heterocycles. The zero-order valence-corrected chi connectivity index (χ0v) is 12.6. The lowest BCUT2D eigenvalue weighted by atomic mass is 9.96. The summed E-state index contributed by atoms with van der Waals surface area (Å²) in [4.78, 5) is 2.64. The summed E-state index contributed by atoms with van der Waals surface area (Å²) in [7, 11) is 1.66. The molecule has 0 aliphatic carbocycles. The number of aryl methyl sites for hydroxylation is 1. The molecule has 0 saturated carbocycles. The summed E-state index contributed by atoms with van der Waals surface area (Å²) in [6.07, 6.45) is 1.94. The van der Waals surface area contributed by atoms with Crippen molar-refractivity contribution in [2.45, 2.75) is 31.9 Å². The van der Waals surface area contributed by atoms with Crippen LogP contribution in [0.2, 0.25) is 0 Å². The number of hydrogen-bond acceptors (Lipinski definition) is 4. The highest BCUT2D eigenvalue weighted by molar-refractivity contribution is 7.12. The summed E-state index contributed by atoms with van der Waals surface area (Å²) in [6, 6.07) is 10.2. The van der Waals surface area contributed by atoms with Crippen molar-refractivity contribution < 1.29 is 9.47 Å². The van der Waals surface area contributed by atoms with Gasteiger partial charge >= 0.3 is 0 Å². The van der Waals surface area contributed by atoms with Crippen LogP contribution in [0.25, 0.3) is 0 Å². The van der Waals surface area contributed by atoms with Crippen LogP contribution in [0.4, 0.5) is 0 Å². The summed E-state index contributed by atoms with van der Waals surface area (Å²) in [5.74, 6) is 1.65. The number of benzene rings is 1. The number of methoxy groups -OCH3 is 1. The fourth-order valence-electron chi connectivity index (χ4n) is 2.54. The minimum Gasteiger partial charge on any atom is -0.497 e. The van der Waals surface area contributed by atoms with Crippen LogP contribution >= 0.6 is 11.3 Å². The number of hydrogen-bond donors (Lipinski definition) is 1. The molecule has 3 rings (SSSR count). The fourth-order valence-corrected chi connectivity index (χ4v) is 3.54. The fraction of sp³-hybridized carbons (Fsp3) is 0.375. The SMILES string of the molecule is CCc1ccc(C2C[C@@H](N)c3ccc(OC)cc3O2)s1. The first kappa shape index (κ1) is 13.5. The van der Waals surface area contributed by atoms with Crippen molar-refractivity contribution in [2.24, 2.45) is 5.73 Å². The summed E-state index contributed by atoms with van der Waals surface area (Å²) in [5, 5.41) is 0. The Bertz CT molecular complexity index is 608. The Kier molecular flexibility index (Phi) is 3.68. The van der Waals surface area contributed by atoms with Crippen LogP contribution in [0.3, 0.4) is 0 Å². The second-order valence-electron chi connectivity index (χ2n) is 5.01. The molecule has 0 saturated heterocycles. The summed E-state index contributed by atoms with van der Waals surface area (Å²) in [6.45, 7) is 2.17. The molecule has 1 aliphatic rings. The Balaban J connectivity index is 1.90. The smallest absolute Gasteiger partial charge is 0.135 e. The van der Waals surface area contributed by atoms with Crippen molar-refractivity contribution >= 4 is 11.3 Å². The molecule has 20 heavy (non-hydrogen) atoms. The maximum Gasteiger partial charge on any atom is 0.135 e. The Morgan fingerprint density at radius 2 is 2.20 bits per heavy atom. The first-order valence-electron chi connectivity index (χ1n) is 6.90. The first-order valence-corrected chi connectivity index (χ1v) is 7.71. The quantitative estimate of drug-likeness (QED) is 0.933. The number of thiophene rings is 1. The molecule has 4 heteroatoms. The van der Waals surface area contributed by atoms with Gasteiger partial charge in [-0.25, -0.2) is 0 Å². The van der Waals surface area contributed by atoms with Gasteiger partial charge in [-0.15, -0.1) is 11.3 Å². The van der Waals surface area contributed by atoms with E-state index in [9.17, 15) is 0 Å². The molecular weight excluding hydrogens is 270 g/mol. The van der Waals surface area contributed by atoms with E-state index >= 15 is 0 Å². The van der Waals surface area contributed by atoms with Gasteiger partial charge in [-0.05, 0) is 24.6 Å².